The maximum atomic E-state index is 11.7. The van der Waals surface area contributed by atoms with Crippen LogP contribution in [-0.4, -0.2) is 42.0 Å². The van der Waals surface area contributed by atoms with Crippen LogP contribution in [0.4, 0.5) is 0 Å². The summed E-state index contributed by atoms with van der Waals surface area (Å²) in [5.41, 5.74) is -0.0728. The Kier molecular flexibility index (Phi) is 3.93. The maximum Gasteiger partial charge on any atom is 0.256 e. The molecule has 0 unspecified atom stereocenters. The van der Waals surface area contributed by atoms with E-state index in [-0.39, 0.29) is 16.9 Å². The van der Waals surface area contributed by atoms with Gasteiger partial charge in [0.05, 0.1) is 0 Å². The van der Waals surface area contributed by atoms with Crippen molar-refractivity contribution in [2.75, 3.05) is 26.2 Å². The van der Waals surface area contributed by atoms with Crippen molar-refractivity contribution >= 4 is 5.91 Å². The van der Waals surface area contributed by atoms with Crippen LogP contribution in [0.25, 0.3) is 0 Å². The highest BCUT2D eigenvalue weighted by Crippen LogP contribution is 2.05. The molecular formula is C12H17N3O2. The molecule has 1 aliphatic heterocycles. The molecule has 0 atom stereocenters. The number of aromatic amines is 1. The summed E-state index contributed by atoms with van der Waals surface area (Å²) in [6.45, 7) is 3.67. The van der Waals surface area contributed by atoms with Gasteiger partial charge in [-0.25, -0.2) is 0 Å². The number of aromatic nitrogens is 1. The third-order valence-electron chi connectivity index (χ3n) is 2.98. The molecular weight excluding hydrogens is 218 g/mol. The Hall–Kier alpha value is -1.62. The van der Waals surface area contributed by atoms with E-state index in [0.29, 0.717) is 6.54 Å². The van der Waals surface area contributed by atoms with Crippen molar-refractivity contribution in [3.63, 3.8) is 0 Å². The zero-order valence-electron chi connectivity index (χ0n) is 9.74. The highest BCUT2D eigenvalue weighted by atomic mass is 16.2. The van der Waals surface area contributed by atoms with Gasteiger partial charge in [-0.15, -0.1) is 0 Å². The van der Waals surface area contributed by atoms with Crippen molar-refractivity contribution in [2.24, 2.45) is 0 Å². The summed E-state index contributed by atoms with van der Waals surface area (Å²) in [7, 11) is 0. The van der Waals surface area contributed by atoms with Crippen molar-refractivity contribution in [1.29, 1.82) is 0 Å². The number of carbonyl (C=O) groups excluding carboxylic acids is 1. The van der Waals surface area contributed by atoms with Gasteiger partial charge in [0, 0.05) is 31.5 Å². The lowest BCUT2D eigenvalue weighted by molar-refractivity contribution is 0.0948. The van der Waals surface area contributed by atoms with Gasteiger partial charge in [0.25, 0.3) is 5.91 Å². The smallest absolute Gasteiger partial charge is 0.256 e. The van der Waals surface area contributed by atoms with Crippen LogP contribution in [0.5, 0.6) is 0 Å². The number of hydrogen-bond acceptors (Lipinski definition) is 3. The van der Waals surface area contributed by atoms with Crippen molar-refractivity contribution in [3.05, 3.63) is 34.2 Å². The minimum atomic E-state index is -0.300. The van der Waals surface area contributed by atoms with Gasteiger partial charge in [0.15, 0.2) is 5.43 Å². The van der Waals surface area contributed by atoms with Gasteiger partial charge in [-0.3, -0.25) is 9.59 Å². The molecule has 2 heterocycles. The number of nitrogens with zero attached hydrogens (tertiary/aromatic N) is 1. The van der Waals surface area contributed by atoms with Gasteiger partial charge in [-0.05, 0) is 25.9 Å². The molecule has 1 saturated heterocycles. The largest absolute Gasteiger partial charge is 0.367 e. The average Bonchev–Trinajstić information content (AvgIpc) is 2.82. The fraction of sp³-hybridized carbons (Fsp3) is 0.500. The zero-order valence-corrected chi connectivity index (χ0v) is 9.74. The third-order valence-corrected chi connectivity index (χ3v) is 2.98. The number of rotatable bonds is 4. The van der Waals surface area contributed by atoms with Crippen LogP contribution in [0.3, 0.4) is 0 Å². The lowest BCUT2D eigenvalue weighted by Crippen LogP contribution is -2.35. The van der Waals surface area contributed by atoms with E-state index in [1.165, 1.54) is 31.3 Å². The van der Waals surface area contributed by atoms with Crippen molar-refractivity contribution in [1.82, 2.24) is 15.2 Å². The molecule has 0 radical (unpaired) electrons. The molecule has 0 spiro atoms. The van der Waals surface area contributed by atoms with Gasteiger partial charge in [-0.1, -0.05) is 0 Å². The second kappa shape index (κ2) is 5.63. The number of hydrogen-bond donors (Lipinski definition) is 2. The summed E-state index contributed by atoms with van der Waals surface area (Å²) in [6, 6.07) is 1.36. The predicted molar refractivity (Wildman–Crippen MR) is 65.1 cm³/mol. The normalized spacial score (nSPS) is 16.0. The minimum Gasteiger partial charge on any atom is -0.367 e. The van der Waals surface area contributed by atoms with Crippen molar-refractivity contribution in [2.45, 2.75) is 12.8 Å². The summed E-state index contributed by atoms with van der Waals surface area (Å²) in [4.78, 5) is 28.1. The van der Waals surface area contributed by atoms with Gasteiger partial charge < -0.3 is 15.2 Å². The van der Waals surface area contributed by atoms with Gasteiger partial charge >= 0.3 is 0 Å². The Morgan fingerprint density at radius 3 is 2.88 bits per heavy atom. The molecule has 17 heavy (non-hydrogen) atoms. The van der Waals surface area contributed by atoms with E-state index in [2.05, 4.69) is 15.2 Å². The number of amides is 1. The fourth-order valence-electron chi connectivity index (χ4n) is 2.02. The standard InChI is InChI=1S/C12H17N3O2/c16-11-3-4-13-9-10(11)12(17)14-5-8-15-6-1-2-7-15/h3-4,9H,1-2,5-8H2,(H,13,16)(H,14,17). The summed E-state index contributed by atoms with van der Waals surface area (Å²) >= 11 is 0. The van der Waals surface area contributed by atoms with Crippen LogP contribution < -0.4 is 10.7 Å². The Morgan fingerprint density at radius 2 is 2.18 bits per heavy atom. The molecule has 0 aromatic carbocycles. The van der Waals surface area contributed by atoms with E-state index >= 15 is 0 Å². The van der Waals surface area contributed by atoms with E-state index in [0.717, 1.165) is 19.6 Å². The van der Waals surface area contributed by atoms with Crippen LogP contribution in [0.15, 0.2) is 23.3 Å². The Balaban J connectivity index is 1.81. The van der Waals surface area contributed by atoms with Gasteiger partial charge in [-0.2, -0.15) is 0 Å². The number of carbonyl (C=O) groups is 1. The topological polar surface area (TPSA) is 65.2 Å². The van der Waals surface area contributed by atoms with Crippen molar-refractivity contribution < 1.29 is 4.79 Å². The molecule has 5 nitrogen and oxygen atoms in total. The summed E-state index contributed by atoms with van der Waals surface area (Å²) in [5, 5.41) is 2.77. The monoisotopic (exact) mass is 235 g/mol. The molecule has 1 fully saturated rings. The molecule has 2 rings (SSSR count). The van der Waals surface area contributed by atoms with E-state index in [4.69, 9.17) is 0 Å². The number of nitrogens with one attached hydrogen (secondary N) is 2. The molecule has 1 aromatic heterocycles. The lowest BCUT2D eigenvalue weighted by atomic mass is 10.2. The molecule has 1 aromatic rings. The summed E-state index contributed by atoms with van der Waals surface area (Å²) in [6.07, 6.45) is 5.44. The first-order chi connectivity index (χ1) is 8.27. The molecule has 0 aliphatic carbocycles. The lowest BCUT2D eigenvalue weighted by Gasteiger charge is -2.14. The van der Waals surface area contributed by atoms with Crippen molar-refractivity contribution in [3.8, 4) is 0 Å². The Morgan fingerprint density at radius 1 is 1.41 bits per heavy atom. The van der Waals surface area contributed by atoms with E-state index in [1.54, 1.807) is 0 Å². The molecule has 0 bridgehead atoms. The second-order valence-electron chi connectivity index (χ2n) is 4.23. The Labute approximate surface area is 99.8 Å². The molecule has 2 N–H and O–H groups in total. The van der Waals surface area contributed by atoms with E-state index in [9.17, 15) is 9.59 Å². The molecule has 1 amide bonds. The number of H-pyrrole nitrogens is 1. The van der Waals surface area contributed by atoms with Crippen LogP contribution >= 0.6 is 0 Å². The first-order valence-electron chi connectivity index (χ1n) is 5.95. The molecule has 0 saturated carbocycles. The quantitative estimate of drug-likeness (QED) is 0.783. The number of likely N-dealkylation sites (tertiary alicyclic amines) is 1. The van der Waals surface area contributed by atoms with Crippen LogP contribution in [0.1, 0.15) is 23.2 Å². The first-order valence-corrected chi connectivity index (χ1v) is 5.95. The molecule has 1 aliphatic rings. The highest BCUT2D eigenvalue weighted by Gasteiger charge is 2.12. The fourth-order valence-corrected chi connectivity index (χ4v) is 2.02. The minimum absolute atomic E-state index is 0.175. The third kappa shape index (κ3) is 3.17. The maximum absolute atomic E-state index is 11.7. The highest BCUT2D eigenvalue weighted by molar-refractivity contribution is 5.93. The van der Waals surface area contributed by atoms with Crippen LogP contribution in [0, 0.1) is 0 Å². The summed E-state index contributed by atoms with van der Waals surface area (Å²) < 4.78 is 0. The molecule has 5 heteroatoms. The van der Waals surface area contributed by atoms with E-state index in [1.807, 2.05) is 0 Å². The SMILES string of the molecule is O=C(NCCN1CCCC1)c1c[nH]ccc1=O. The van der Waals surface area contributed by atoms with Crippen LogP contribution in [-0.2, 0) is 0 Å². The Bertz CT molecular complexity index is 435. The number of pyridine rings is 1. The second-order valence-corrected chi connectivity index (χ2v) is 4.23. The van der Waals surface area contributed by atoms with Gasteiger partial charge in [0.1, 0.15) is 5.56 Å². The average molecular weight is 235 g/mol. The zero-order chi connectivity index (χ0) is 12.1. The van der Waals surface area contributed by atoms with Gasteiger partial charge in [0.2, 0.25) is 0 Å². The van der Waals surface area contributed by atoms with E-state index < -0.39 is 0 Å². The van der Waals surface area contributed by atoms with Crippen LogP contribution in [0.2, 0.25) is 0 Å². The summed E-state index contributed by atoms with van der Waals surface area (Å²) in [5.74, 6) is -0.300. The molecule has 92 valence electrons. The first kappa shape index (κ1) is 11.9. The predicted octanol–water partition coefficient (Wildman–Crippen LogP) is 0.200.